The van der Waals surface area contributed by atoms with Crippen LogP contribution < -0.4 is 4.74 Å². The maximum Gasteiger partial charge on any atom is 0.137 e. The number of nitrogens with zero attached hydrogens (tertiary/aromatic N) is 2. The Morgan fingerprint density at radius 3 is 3.00 bits per heavy atom. The second-order valence-corrected chi connectivity index (χ2v) is 3.77. The molecule has 15 heavy (non-hydrogen) atoms. The number of aliphatic hydroxyl groups is 1. The van der Waals surface area contributed by atoms with Gasteiger partial charge in [0, 0.05) is 17.1 Å². The summed E-state index contributed by atoms with van der Waals surface area (Å²) < 4.78 is 5.07. The maximum atomic E-state index is 8.90. The molecular weight excluding hydrogens is 212 g/mol. The zero-order valence-corrected chi connectivity index (χ0v) is 8.99. The lowest BCUT2D eigenvalue weighted by Gasteiger charge is -2.00. The highest BCUT2D eigenvalue weighted by atomic mass is 32.1. The fraction of sp³-hybridized carbons (Fsp3) is 0.200. The first-order valence-corrected chi connectivity index (χ1v) is 5.26. The van der Waals surface area contributed by atoms with Gasteiger partial charge in [0.1, 0.15) is 10.8 Å². The van der Waals surface area contributed by atoms with Gasteiger partial charge in [-0.05, 0) is 6.07 Å². The zero-order valence-electron chi connectivity index (χ0n) is 8.17. The van der Waals surface area contributed by atoms with Crippen molar-refractivity contribution in [2.24, 2.45) is 0 Å². The number of methoxy groups -OCH3 is 1. The SMILES string of the molecule is COc1cncc(-c2nc(CO)cs2)c1. The van der Waals surface area contributed by atoms with Crippen LogP contribution in [0.25, 0.3) is 10.6 Å². The molecule has 0 aliphatic heterocycles. The van der Waals surface area contributed by atoms with Crippen LogP contribution in [0.2, 0.25) is 0 Å². The average Bonchev–Trinajstić information content (AvgIpc) is 2.78. The van der Waals surface area contributed by atoms with Gasteiger partial charge in [-0.15, -0.1) is 11.3 Å². The smallest absolute Gasteiger partial charge is 0.137 e. The fourth-order valence-electron chi connectivity index (χ4n) is 1.16. The first kappa shape index (κ1) is 10.1. The summed E-state index contributed by atoms with van der Waals surface area (Å²) in [5.41, 5.74) is 1.58. The number of aromatic nitrogens is 2. The number of aliphatic hydroxyl groups excluding tert-OH is 1. The van der Waals surface area contributed by atoms with Gasteiger partial charge in [-0.25, -0.2) is 4.98 Å². The first-order valence-electron chi connectivity index (χ1n) is 4.38. The van der Waals surface area contributed by atoms with Gasteiger partial charge in [-0.2, -0.15) is 0 Å². The molecule has 5 heteroatoms. The number of ether oxygens (including phenoxy) is 1. The molecule has 0 fully saturated rings. The van der Waals surface area contributed by atoms with Gasteiger partial charge in [0.05, 0.1) is 25.6 Å². The zero-order chi connectivity index (χ0) is 10.7. The Morgan fingerprint density at radius 2 is 2.33 bits per heavy atom. The lowest BCUT2D eigenvalue weighted by molar-refractivity contribution is 0.278. The minimum absolute atomic E-state index is 0.0338. The molecule has 0 spiro atoms. The minimum Gasteiger partial charge on any atom is -0.495 e. The van der Waals surface area contributed by atoms with Gasteiger partial charge >= 0.3 is 0 Å². The third-order valence-corrected chi connectivity index (χ3v) is 2.85. The van der Waals surface area contributed by atoms with Crippen LogP contribution in [0, 0.1) is 0 Å². The highest BCUT2D eigenvalue weighted by molar-refractivity contribution is 7.13. The molecule has 0 atom stereocenters. The monoisotopic (exact) mass is 222 g/mol. The van der Waals surface area contributed by atoms with Crippen molar-refractivity contribution in [1.82, 2.24) is 9.97 Å². The van der Waals surface area contributed by atoms with Crippen molar-refractivity contribution < 1.29 is 9.84 Å². The van der Waals surface area contributed by atoms with Crippen LogP contribution in [0.4, 0.5) is 0 Å². The first-order chi connectivity index (χ1) is 7.33. The van der Waals surface area contributed by atoms with E-state index in [1.165, 1.54) is 11.3 Å². The molecular formula is C10H10N2O2S. The van der Waals surface area contributed by atoms with E-state index >= 15 is 0 Å². The minimum atomic E-state index is -0.0338. The Bertz CT molecular complexity index is 456. The summed E-state index contributed by atoms with van der Waals surface area (Å²) in [6.45, 7) is -0.0338. The predicted octanol–water partition coefficient (Wildman–Crippen LogP) is 1.71. The summed E-state index contributed by atoms with van der Waals surface area (Å²) in [6, 6.07) is 1.87. The Kier molecular flexibility index (Phi) is 2.94. The topological polar surface area (TPSA) is 55.2 Å². The van der Waals surface area contributed by atoms with E-state index in [0.29, 0.717) is 11.4 Å². The summed E-state index contributed by atoms with van der Waals surface area (Å²) in [7, 11) is 1.60. The van der Waals surface area contributed by atoms with E-state index in [9.17, 15) is 0 Å². The van der Waals surface area contributed by atoms with Crippen LogP contribution in [-0.2, 0) is 6.61 Å². The van der Waals surface area contributed by atoms with Crippen LogP contribution in [-0.4, -0.2) is 22.2 Å². The molecule has 4 nitrogen and oxygen atoms in total. The van der Waals surface area contributed by atoms with Crippen LogP contribution in [0.15, 0.2) is 23.8 Å². The number of hydrogen-bond donors (Lipinski definition) is 1. The van der Waals surface area contributed by atoms with Crippen molar-refractivity contribution in [3.8, 4) is 16.3 Å². The van der Waals surface area contributed by atoms with E-state index in [-0.39, 0.29) is 6.61 Å². The van der Waals surface area contributed by atoms with Crippen LogP contribution in [0.1, 0.15) is 5.69 Å². The number of thiazole rings is 1. The highest BCUT2D eigenvalue weighted by Crippen LogP contribution is 2.25. The van der Waals surface area contributed by atoms with Gasteiger partial charge in [-0.3, -0.25) is 4.98 Å². The Hall–Kier alpha value is -1.46. The standard InChI is InChI=1S/C10H10N2O2S/c1-14-9-2-7(3-11-4-9)10-12-8(5-13)6-15-10/h2-4,6,13H,5H2,1H3. The summed E-state index contributed by atoms with van der Waals surface area (Å²) in [4.78, 5) is 8.29. The number of hydrogen-bond acceptors (Lipinski definition) is 5. The van der Waals surface area contributed by atoms with Crippen molar-refractivity contribution in [3.63, 3.8) is 0 Å². The summed E-state index contributed by atoms with van der Waals surface area (Å²) in [5.74, 6) is 0.702. The molecule has 2 rings (SSSR count). The van der Waals surface area contributed by atoms with E-state index < -0.39 is 0 Å². The molecule has 0 radical (unpaired) electrons. The number of rotatable bonds is 3. The van der Waals surface area contributed by atoms with Gasteiger partial charge in [0.25, 0.3) is 0 Å². The van der Waals surface area contributed by atoms with Crippen LogP contribution in [0.5, 0.6) is 5.75 Å². The largest absolute Gasteiger partial charge is 0.495 e. The molecule has 0 amide bonds. The Morgan fingerprint density at radius 1 is 1.47 bits per heavy atom. The number of pyridine rings is 1. The molecule has 0 aliphatic carbocycles. The molecule has 0 unspecified atom stereocenters. The lowest BCUT2D eigenvalue weighted by atomic mass is 10.3. The van der Waals surface area contributed by atoms with Gasteiger partial charge < -0.3 is 9.84 Å². The van der Waals surface area contributed by atoms with Crippen molar-refractivity contribution >= 4 is 11.3 Å². The van der Waals surface area contributed by atoms with Gasteiger partial charge in [0.15, 0.2) is 0 Å². The van der Waals surface area contributed by atoms with E-state index in [2.05, 4.69) is 9.97 Å². The van der Waals surface area contributed by atoms with E-state index in [1.807, 2.05) is 11.4 Å². The van der Waals surface area contributed by atoms with Crippen molar-refractivity contribution in [1.29, 1.82) is 0 Å². The fourth-order valence-corrected chi connectivity index (χ4v) is 1.95. The van der Waals surface area contributed by atoms with Crippen LogP contribution >= 0.6 is 11.3 Å². The van der Waals surface area contributed by atoms with E-state index in [1.54, 1.807) is 19.5 Å². The Labute approximate surface area is 91.2 Å². The molecule has 78 valence electrons. The second-order valence-electron chi connectivity index (χ2n) is 2.92. The average molecular weight is 222 g/mol. The third-order valence-electron chi connectivity index (χ3n) is 1.91. The normalized spacial score (nSPS) is 10.3. The molecule has 0 bridgehead atoms. The van der Waals surface area contributed by atoms with Crippen LogP contribution in [0.3, 0.4) is 0 Å². The van der Waals surface area contributed by atoms with Crippen molar-refractivity contribution in [2.45, 2.75) is 6.61 Å². The summed E-state index contributed by atoms with van der Waals surface area (Å²) >= 11 is 1.48. The predicted molar refractivity (Wildman–Crippen MR) is 57.8 cm³/mol. The molecule has 1 N–H and O–H groups in total. The molecule has 2 aromatic heterocycles. The molecule has 0 saturated carbocycles. The molecule has 0 saturated heterocycles. The molecule has 0 aromatic carbocycles. The second kappa shape index (κ2) is 4.37. The van der Waals surface area contributed by atoms with Gasteiger partial charge in [0.2, 0.25) is 0 Å². The Balaban J connectivity index is 2.35. The van der Waals surface area contributed by atoms with Crippen molar-refractivity contribution in [2.75, 3.05) is 7.11 Å². The highest BCUT2D eigenvalue weighted by Gasteiger charge is 2.05. The molecule has 2 heterocycles. The maximum absolute atomic E-state index is 8.90. The molecule has 2 aromatic rings. The summed E-state index contributed by atoms with van der Waals surface area (Å²) in [6.07, 6.45) is 3.37. The molecule has 0 aliphatic rings. The lowest BCUT2D eigenvalue weighted by Crippen LogP contribution is -1.86. The van der Waals surface area contributed by atoms with E-state index in [4.69, 9.17) is 9.84 Å². The quantitative estimate of drug-likeness (QED) is 0.858. The van der Waals surface area contributed by atoms with E-state index in [0.717, 1.165) is 10.6 Å². The summed E-state index contributed by atoms with van der Waals surface area (Å²) in [5, 5.41) is 11.6. The van der Waals surface area contributed by atoms with Crippen molar-refractivity contribution in [3.05, 3.63) is 29.5 Å². The van der Waals surface area contributed by atoms with Gasteiger partial charge in [-0.1, -0.05) is 0 Å². The third kappa shape index (κ3) is 2.14.